The second kappa shape index (κ2) is 9.87. The summed E-state index contributed by atoms with van der Waals surface area (Å²) in [4.78, 5) is 25.1. The third-order valence-electron chi connectivity index (χ3n) is 4.67. The molecule has 0 fully saturated rings. The summed E-state index contributed by atoms with van der Waals surface area (Å²) in [6, 6.07) is 11.9. The van der Waals surface area contributed by atoms with Gasteiger partial charge in [-0.15, -0.1) is 0 Å². The maximum atomic E-state index is 12.8. The van der Waals surface area contributed by atoms with E-state index in [1.807, 2.05) is 24.3 Å². The largest absolute Gasteiger partial charge is 0.493 e. The van der Waals surface area contributed by atoms with Crippen molar-refractivity contribution in [3.8, 4) is 11.5 Å². The Kier molecular flexibility index (Phi) is 7.22. The minimum Gasteiger partial charge on any atom is -0.493 e. The molecule has 1 aliphatic rings. The number of hydrogen-bond acceptors (Lipinski definition) is 5. The first-order valence-corrected chi connectivity index (χ1v) is 10.6. The first kappa shape index (κ1) is 22.7. The average molecular weight is 489 g/mol. The highest BCUT2D eigenvalue weighted by molar-refractivity contribution is 9.10. The van der Waals surface area contributed by atoms with Crippen LogP contribution in [0.2, 0.25) is 0 Å². The summed E-state index contributed by atoms with van der Waals surface area (Å²) in [5, 5.41) is 5.46. The number of para-hydroxylation sites is 1. The Hall–Kier alpha value is -3.00. The van der Waals surface area contributed by atoms with Gasteiger partial charge in [-0.25, -0.2) is 9.59 Å². The van der Waals surface area contributed by atoms with Gasteiger partial charge in [0.15, 0.2) is 11.5 Å². The van der Waals surface area contributed by atoms with Gasteiger partial charge in [-0.3, -0.25) is 0 Å². The number of carbonyl (C=O) groups is 2. The SMILES string of the molecule is COc1cccc(C2NC(=O)NC(C)=C2C(=O)OC(C)C)c1OCc1ccc(Br)cc1. The number of ether oxygens (including phenoxy) is 3. The molecule has 0 bridgehead atoms. The van der Waals surface area contributed by atoms with Gasteiger partial charge in [0.05, 0.1) is 24.8 Å². The fraction of sp³-hybridized carbons (Fsp3) is 0.304. The van der Waals surface area contributed by atoms with Crippen LogP contribution in [0.4, 0.5) is 4.79 Å². The van der Waals surface area contributed by atoms with Gasteiger partial charge in [-0.1, -0.05) is 40.2 Å². The number of hydrogen-bond donors (Lipinski definition) is 2. The van der Waals surface area contributed by atoms with E-state index in [-0.39, 0.29) is 12.7 Å². The predicted octanol–water partition coefficient (Wildman–Crippen LogP) is 4.62. The number of benzene rings is 2. The normalized spacial score (nSPS) is 15.9. The molecule has 0 saturated heterocycles. The van der Waals surface area contributed by atoms with Gasteiger partial charge in [0.1, 0.15) is 6.61 Å². The number of urea groups is 1. The molecular weight excluding hydrogens is 464 g/mol. The molecule has 164 valence electrons. The zero-order chi connectivity index (χ0) is 22.5. The molecule has 7 nitrogen and oxygen atoms in total. The van der Waals surface area contributed by atoms with Crippen LogP contribution in [0.15, 0.2) is 58.2 Å². The zero-order valence-electron chi connectivity index (χ0n) is 17.8. The van der Waals surface area contributed by atoms with Gasteiger partial charge in [0.2, 0.25) is 0 Å². The first-order valence-electron chi connectivity index (χ1n) is 9.83. The predicted molar refractivity (Wildman–Crippen MR) is 120 cm³/mol. The topological polar surface area (TPSA) is 85.9 Å². The summed E-state index contributed by atoms with van der Waals surface area (Å²) in [5.41, 5.74) is 2.30. The van der Waals surface area contributed by atoms with E-state index in [4.69, 9.17) is 14.2 Å². The zero-order valence-corrected chi connectivity index (χ0v) is 19.4. The Morgan fingerprint density at radius 2 is 1.87 bits per heavy atom. The molecule has 2 aromatic carbocycles. The summed E-state index contributed by atoms with van der Waals surface area (Å²) in [5.74, 6) is 0.436. The van der Waals surface area contributed by atoms with Crippen molar-refractivity contribution < 1.29 is 23.8 Å². The number of amides is 2. The lowest BCUT2D eigenvalue weighted by Gasteiger charge is -2.30. The fourth-order valence-electron chi connectivity index (χ4n) is 3.29. The summed E-state index contributed by atoms with van der Waals surface area (Å²) in [6.07, 6.45) is -0.301. The molecule has 0 aromatic heterocycles. The van der Waals surface area contributed by atoms with E-state index >= 15 is 0 Å². The van der Waals surface area contributed by atoms with E-state index in [9.17, 15) is 9.59 Å². The van der Waals surface area contributed by atoms with E-state index < -0.39 is 18.0 Å². The molecule has 1 heterocycles. The highest BCUT2D eigenvalue weighted by Crippen LogP contribution is 2.39. The van der Waals surface area contributed by atoms with Crippen LogP contribution >= 0.6 is 15.9 Å². The van der Waals surface area contributed by atoms with E-state index in [0.717, 1.165) is 10.0 Å². The summed E-state index contributed by atoms with van der Waals surface area (Å²) >= 11 is 3.42. The van der Waals surface area contributed by atoms with Crippen LogP contribution in [0.3, 0.4) is 0 Å². The maximum Gasteiger partial charge on any atom is 0.338 e. The first-order chi connectivity index (χ1) is 14.8. The molecule has 2 amide bonds. The van der Waals surface area contributed by atoms with Gasteiger partial charge in [0.25, 0.3) is 0 Å². The van der Waals surface area contributed by atoms with Crippen molar-refractivity contribution in [2.45, 2.75) is 39.5 Å². The summed E-state index contributed by atoms with van der Waals surface area (Å²) < 4.78 is 18.0. The number of allylic oxidation sites excluding steroid dienone is 1. The van der Waals surface area contributed by atoms with Crippen LogP contribution in [0.5, 0.6) is 11.5 Å². The second-order valence-corrected chi connectivity index (χ2v) is 8.23. The molecule has 1 atom stereocenters. The number of esters is 1. The number of carbonyl (C=O) groups excluding carboxylic acids is 2. The smallest absolute Gasteiger partial charge is 0.338 e. The molecule has 0 spiro atoms. The molecule has 0 aliphatic carbocycles. The molecule has 2 N–H and O–H groups in total. The Morgan fingerprint density at radius 1 is 1.16 bits per heavy atom. The Labute approximate surface area is 189 Å². The van der Waals surface area contributed by atoms with Gasteiger partial charge in [-0.2, -0.15) is 0 Å². The molecule has 0 radical (unpaired) electrons. The Balaban J connectivity index is 2.01. The minimum absolute atomic E-state index is 0.286. The second-order valence-electron chi connectivity index (χ2n) is 7.32. The quantitative estimate of drug-likeness (QED) is 0.555. The number of halogens is 1. The van der Waals surface area contributed by atoms with E-state index in [1.54, 1.807) is 46.1 Å². The van der Waals surface area contributed by atoms with E-state index in [1.165, 1.54) is 0 Å². The molecule has 1 aliphatic heterocycles. The van der Waals surface area contributed by atoms with Crippen LogP contribution in [-0.2, 0) is 16.1 Å². The molecule has 8 heteroatoms. The van der Waals surface area contributed by atoms with Gasteiger partial charge in [-0.05, 0) is 44.5 Å². The highest BCUT2D eigenvalue weighted by Gasteiger charge is 2.35. The van der Waals surface area contributed by atoms with Crippen molar-refractivity contribution in [3.05, 3.63) is 69.3 Å². The Bertz CT molecular complexity index is 1000. The lowest BCUT2D eigenvalue weighted by atomic mass is 9.94. The summed E-state index contributed by atoms with van der Waals surface area (Å²) in [6.45, 7) is 5.51. The van der Waals surface area contributed by atoms with Crippen molar-refractivity contribution in [3.63, 3.8) is 0 Å². The maximum absolute atomic E-state index is 12.8. The third-order valence-corrected chi connectivity index (χ3v) is 5.20. The molecule has 2 aromatic rings. The van der Waals surface area contributed by atoms with Crippen LogP contribution in [0, 0.1) is 0 Å². The van der Waals surface area contributed by atoms with Crippen LogP contribution in [-0.4, -0.2) is 25.2 Å². The molecule has 1 unspecified atom stereocenters. The van der Waals surface area contributed by atoms with Crippen molar-refractivity contribution >= 4 is 27.9 Å². The standard InChI is InChI=1S/C23H25BrN2O5/c1-13(2)31-22(27)19-14(3)25-23(28)26-20(19)17-6-5-7-18(29-4)21(17)30-12-15-8-10-16(24)11-9-15/h5-11,13,20H,12H2,1-4H3,(H2,25,26,28). The Morgan fingerprint density at radius 3 is 2.52 bits per heavy atom. The van der Waals surface area contributed by atoms with Crippen molar-refractivity contribution in [2.24, 2.45) is 0 Å². The molecule has 31 heavy (non-hydrogen) atoms. The number of nitrogens with one attached hydrogen (secondary N) is 2. The number of methoxy groups -OCH3 is 1. The lowest BCUT2D eigenvalue weighted by Crippen LogP contribution is -2.45. The molecule has 0 saturated carbocycles. The van der Waals surface area contributed by atoms with E-state index in [0.29, 0.717) is 28.3 Å². The molecular formula is C23H25BrN2O5. The fourth-order valence-corrected chi connectivity index (χ4v) is 3.55. The van der Waals surface area contributed by atoms with Gasteiger partial charge >= 0.3 is 12.0 Å². The lowest BCUT2D eigenvalue weighted by molar-refractivity contribution is -0.143. The van der Waals surface area contributed by atoms with Gasteiger partial charge < -0.3 is 24.8 Å². The van der Waals surface area contributed by atoms with Crippen molar-refractivity contribution in [2.75, 3.05) is 7.11 Å². The highest BCUT2D eigenvalue weighted by atomic mass is 79.9. The third kappa shape index (κ3) is 5.38. The monoisotopic (exact) mass is 488 g/mol. The average Bonchev–Trinajstić information content (AvgIpc) is 2.71. The van der Waals surface area contributed by atoms with E-state index in [2.05, 4.69) is 26.6 Å². The van der Waals surface area contributed by atoms with Crippen LogP contribution < -0.4 is 20.1 Å². The van der Waals surface area contributed by atoms with Gasteiger partial charge in [0, 0.05) is 15.7 Å². The van der Waals surface area contributed by atoms with Crippen LogP contribution in [0.1, 0.15) is 37.9 Å². The minimum atomic E-state index is -0.755. The number of rotatable bonds is 7. The van der Waals surface area contributed by atoms with Crippen molar-refractivity contribution in [1.82, 2.24) is 10.6 Å². The summed E-state index contributed by atoms with van der Waals surface area (Å²) in [7, 11) is 1.54. The van der Waals surface area contributed by atoms with Crippen LogP contribution in [0.25, 0.3) is 0 Å². The van der Waals surface area contributed by atoms with Crippen molar-refractivity contribution in [1.29, 1.82) is 0 Å². The molecule has 3 rings (SSSR count).